The third-order valence-electron chi connectivity index (χ3n) is 7.60. The maximum absolute atomic E-state index is 11.1. The van der Waals surface area contributed by atoms with Gasteiger partial charge in [0.05, 0.1) is 5.92 Å². The zero-order valence-electron chi connectivity index (χ0n) is 26.0. The van der Waals surface area contributed by atoms with Crippen molar-refractivity contribution in [1.29, 1.82) is 0 Å². The molecule has 0 aliphatic heterocycles. The Bertz CT molecular complexity index is 704. The smallest absolute Gasteiger partial charge is 0.306 e. The van der Waals surface area contributed by atoms with Gasteiger partial charge in [0, 0.05) is 6.42 Å². The summed E-state index contributed by atoms with van der Waals surface area (Å²) in [4.78, 5) is 21.4. The van der Waals surface area contributed by atoms with Gasteiger partial charge in [-0.15, -0.1) is 0 Å². The predicted octanol–water partition coefficient (Wildman–Crippen LogP) is 11.2. The highest BCUT2D eigenvalue weighted by atomic mass is 16.4. The zero-order valence-corrected chi connectivity index (χ0v) is 26.0. The van der Waals surface area contributed by atoms with Gasteiger partial charge in [0.15, 0.2) is 0 Å². The summed E-state index contributed by atoms with van der Waals surface area (Å²) in [6.45, 7) is 4.46. The van der Waals surface area contributed by atoms with E-state index in [1.54, 1.807) is 0 Å². The van der Waals surface area contributed by atoms with Gasteiger partial charge in [0.25, 0.3) is 0 Å². The number of hydrogen-bond donors (Lipinski definition) is 2. The molecule has 1 aliphatic carbocycles. The number of carboxylic acids is 2. The first-order valence-corrected chi connectivity index (χ1v) is 16.6. The van der Waals surface area contributed by atoms with Crippen LogP contribution in [-0.2, 0) is 9.59 Å². The second-order valence-corrected chi connectivity index (χ2v) is 11.3. The molecule has 2 atom stereocenters. The van der Waals surface area contributed by atoms with Gasteiger partial charge in [-0.05, 0) is 89.4 Å². The van der Waals surface area contributed by atoms with Crippen LogP contribution in [-0.4, -0.2) is 22.2 Å². The highest BCUT2D eigenvalue weighted by Crippen LogP contribution is 2.35. The number of carboxylic acid groups (broad SMARTS) is 2. The first kappa shape index (κ1) is 37.9. The second-order valence-electron chi connectivity index (χ2n) is 11.3. The summed E-state index contributed by atoms with van der Waals surface area (Å²) in [5, 5.41) is 17.6. The molecule has 230 valence electrons. The summed E-state index contributed by atoms with van der Waals surface area (Å²) in [5.41, 5.74) is 0. The second kappa shape index (κ2) is 29.9. The average molecular weight is 559 g/mol. The van der Waals surface area contributed by atoms with Gasteiger partial charge in [-0.25, -0.2) is 0 Å². The summed E-state index contributed by atoms with van der Waals surface area (Å²) in [7, 11) is 0. The van der Waals surface area contributed by atoms with Crippen molar-refractivity contribution in [2.45, 2.75) is 155 Å². The third kappa shape index (κ3) is 26.1. The summed E-state index contributed by atoms with van der Waals surface area (Å²) in [6, 6.07) is 0. The van der Waals surface area contributed by atoms with Gasteiger partial charge >= 0.3 is 11.9 Å². The van der Waals surface area contributed by atoms with Gasteiger partial charge in [-0.1, -0.05) is 114 Å². The van der Waals surface area contributed by atoms with Crippen molar-refractivity contribution in [1.82, 2.24) is 0 Å². The standard InChI is InChI=1S/C18H30O2.C18H32O2/c1-2-3-4-5-6-7-8-9-10-11-13-16-14-12-15-17(16)18(19)20;1-2-3-4-5-6-7-8-9-10-11-12-13-14-15-16-17-18(19)20/h6-7,9-10,16-17H,2-5,8,11-15H2,1H3,(H,19,20);6-7,9-10H,2-5,8,11-17H2,1H3,(H,19,20)/b2*7-6-,10-9-. The normalized spacial score (nSPS) is 17.4. The Labute approximate surface area is 247 Å². The molecule has 40 heavy (non-hydrogen) atoms. The molecule has 4 nitrogen and oxygen atoms in total. The number of rotatable bonds is 24. The molecular weight excluding hydrogens is 496 g/mol. The van der Waals surface area contributed by atoms with Crippen LogP contribution in [0.15, 0.2) is 48.6 Å². The fraction of sp³-hybridized carbons (Fsp3) is 0.722. The quantitative estimate of drug-likeness (QED) is 0.0912. The highest BCUT2D eigenvalue weighted by molar-refractivity contribution is 5.70. The van der Waals surface area contributed by atoms with Gasteiger partial charge in [0.1, 0.15) is 0 Å². The molecule has 2 unspecified atom stereocenters. The van der Waals surface area contributed by atoms with Crippen LogP contribution in [0.4, 0.5) is 0 Å². The fourth-order valence-corrected chi connectivity index (χ4v) is 5.12. The molecule has 4 heteroatoms. The van der Waals surface area contributed by atoms with Crippen molar-refractivity contribution in [3.05, 3.63) is 48.6 Å². The average Bonchev–Trinajstić information content (AvgIpc) is 3.41. The molecule has 0 aromatic carbocycles. The third-order valence-corrected chi connectivity index (χ3v) is 7.60. The lowest BCUT2D eigenvalue weighted by Crippen LogP contribution is -2.17. The number of unbranched alkanes of at least 4 members (excludes halogenated alkanes) is 11. The SMILES string of the molecule is CCCCC/C=C\C/C=C\CCC1CCCC1C(=O)O.CCCCC/C=C\C/C=C\CCCCCCCC(=O)O. The lowest BCUT2D eigenvalue weighted by Gasteiger charge is -2.13. The maximum atomic E-state index is 11.1. The molecule has 0 radical (unpaired) electrons. The monoisotopic (exact) mass is 558 g/mol. The van der Waals surface area contributed by atoms with Crippen molar-refractivity contribution in [3.8, 4) is 0 Å². The van der Waals surface area contributed by atoms with E-state index in [9.17, 15) is 9.59 Å². The highest BCUT2D eigenvalue weighted by Gasteiger charge is 2.31. The van der Waals surface area contributed by atoms with E-state index in [0.29, 0.717) is 12.3 Å². The van der Waals surface area contributed by atoms with Gasteiger partial charge in [0.2, 0.25) is 0 Å². The van der Waals surface area contributed by atoms with Crippen molar-refractivity contribution in [2.75, 3.05) is 0 Å². The summed E-state index contributed by atoms with van der Waals surface area (Å²) in [5.74, 6) is -0.939. The predicted molar refractivity (Wildman–Crippen MR) is 172 cm³/mol. The van der Waals surface area contributed by atoms with E-state index in [0.717, 1.165) is 64.2 Å². The van der Waals surface area contributed by atoms with E-state index in [4.69, 9.17) is 10.2 Å². The van der Waals surface area contributed by atoms with Crippen molar-refractivity contribution < 1.29 is 19.8 Å². The van der Waals surface area contributed by atoms with E-state index in [-0.39, 0.29) is 5.92 Å². The van der Waals surface area contributed by atoms with Crippen LogP contribution in [0.5, 0.6) is 0 Å². The molecule has 1 saturated carbocycles. The van der Waals surface area contributed by atoms with Crippen molar-refractivity contribution in [2.24, 2.45) is 11.8 Å². The molecule has 0 bridgehead atoms. The van der Waals surface area contributed by atoms with Gasteiger partial charge in [-0.2, -0.15) is 0 Å². The molecule has 0 spiro atoms. The van der Waals surface area contributed by atoms with Crippen LogP contribution >= 0.6 is 0 Å². The molecule has 1 rings (SSSR count). The van der Waals surface area contributed by atoms with Crippen LogP contribution in [0.3, 0.4) is 0 Å². The Morgan fingerprint density at radius 2 is 1.07 bits per heavy atom. The van der Waals surface area contributed by atoms with Crippen LogP contribution in [0.2, 0.25) is 0 Å². The Morgan fingerprint density at radius 3 is 1.57 bits per heavy atom. The Kier molecular flexibility index (Phi) is 28.3. The number of hydrogen-bond acceptors (Lipinski definition) is 2. The minimum absolute atomic E-state index is 0.0816. The maximum Gasteiger partial charge on any atom is 0.306 e. The molecule has 0 amide bonds. The molecule has 0 heterocycles. The summed E-state index contributed by atoms with van der Waals surface area (Å²) >= 11 is 0. The van der Waals surface area contributed by atoms with Crippen LogP contribution < -0.4 is 0 Å². The number of allylic oxidation sites excluding steroid dienone is 8. The first-order valence-electron chi connectivity index (χ1n) is 16.6. The van der Waals surface area contributed by atoms with E-state index < -0.39 is 11.9 Å². The van der Waals surface area contributed by atoms with Crippen molar-refractivity contribution in [3.63, 3.8) is 0 Å². The van der Waals surface area contributed by atoms with Gasteiger partial charge < -0.3 is 10.2 Å². The molecule has 1 aliphatic rings. The Hall–Kier alpha value is -2.10. The van der Waals surface area contributed by atoms with Crippen molar-refractivity contribution >= 4 is 11.9 Å². The van der Waals surface area contributed by atoms with E-state index >= 15 is 0 Å². The minimum atomic E-state index is -0.671. The largest absolute Gasteiger partial charge is 0.481 e. The molecule has 0 saturated heterocycles. The lowest BCUT2D eigenvalue weighted by atomic mass is 9.91. The number of aliphatic carboxylic acids is 2. The molecular formula is C36H62O4. The zero-order chi connectivity index (χ0) is 29.5. The van der Waals surface area contributed by atoms with Crippen LogP contribution in [0.25, 0.3) is 0 Å². The minimum Gasteiger partial charge on any atom is -0.481 e. The molecule has 0 aromatic rings. The van der Waals surface area contributed by atoms with Gasteiger partial charge in [-0.3, -0.25) is 9.59 Å². The topological polar surface area (TPSA) is 74.6 Å². The first-order chi connectivity index (χ1) is 19.5. The Morgan fingerprint density at radius 1 is 0.600 bits per heavy atom. The number of carbonyl (C=O) groups is 2. The van der Waals surface area contributed by atoms with E-state index in [1.807, 2.05) is 0 Å². The molecule has 2 N–H and O–H groups in total. The fourth-order valence-electron chi connectivity index (χ4n) is 5.12. The lowest BCUT2D eigenvalue weighted by molar-refractivity contribution is -0.143. The summed E-state index contributed by atoms with van der Waals surface area (Å²) < 4.78 is 0. The van der Waals surface area contributed by atoms with Crippen LogP contribution in [0, 0.1) is 11.8 Å². The molecule has 1 fully saturated rings. The Balaban J connectivity index is 0.000000760. The summed E-state index contributed by atoms with van der Waals surface area (Å²) in [6.07, 6.45) is 42.5. The molecule has 0 aromatic heterocycles. The van der Waals surface area contributed by atoms with E-state index in [1.165, 1.54) is 70.6 Å². The van der Waals surface area contributed by atoms with E-state index in [2.05, 4.69) is 62.5 Å². The van der Waals surface area contributed by atoms with Crippen LogP contribution in [0.1, 0.15) is 155 Å².